The van der Waals surface area contributed by atoms with Crippen molar-refractivity contribution in [3.8, 4) is 0 Å². The van der Waals surface area contributed by atoms with Gasteiger partial charge in [-0.25, -0.2) is 9.97 Å². The van der Waals surface area contributed by atoms with Gasteiger partial charge < -0.3 is 5.32 Å². The predicted octanol–water partition coefficient (Wildman–Crippen LogP) is 4.02. The van der Waals surface area contributed by atoms with Gasteiger partial charge in [0.2, 0.25) is 5.82 Å². The van der Waals surface area contributed by atoms with Gasteiger partial charge in [0.1, 0.15) is 5.82 Å². The van der Waals surface area contributed by atoms with Crippen molar-refractivity contribution in [2.75, 3.05) is 11.9 Å². The van der Waals surface area contributed by atoms with Crippen molar-refractivity contribution in [3.63, 3.8) is 0 Å². The highest BCUT2D eigenvalue weighted by atomic mass is 19.4. The third-order valence-electron chi connectivity index (χ3n) is 2.91. The van der Waals surface area contributed by atoms with Crippen LogP contribution in [-0.4, -0.2) is 22.7 Å². The lowest BCUT2D eigenvalue weighted by Crippen LogP contribution is -2.35. The molecule has 0 radical (unpaired) electrons. The van der Waals surface area contributed by atoms with Crippen molar-refractivity contribution < 1.29 is 22.0 Å². The Morgan fingerprint density at radius 1 is 1.10 bits per heavy atom. The van der Waals surface area contributed by atoms with E-state index in [2.05, 4.69) is 15.3 Å². The molecule has 0 amide bonds. The van der Waals surface area contributed by atoms with Gasteiger partial charge in [-0.05, 0) is 25.5 Å². The van der Waals surface area contributed by atoms with Crippen LogP contribution in [0.1, 0.15) is 18.3 Å². The van der Waals surface area contributed by atoms with E-state index in [0.717, 1.165) is 0 Å². The van der Waals surface area contributed by atoms with Crippen LogP contribution in [0.25, 0.3) is 10.9 Å². The molecule has 0 unspecified atom stereocenters. The fourth-order valence-electron chi connectivity index (χ4n) is 1.92. The smallest absolute Gasteiger partial charge is 0.370 e. The summed E-state index contributed by atoms with van der Waals surface area (Å²) in [5.41, 5.74) is 0.727. The number of benzene rings is 1. The standard InChI is InChI=1S/C13H12F5N3/c1-3-19-10-9-7(2)5-4-6-8(9)20-11(21-10)12(14,15)13(16,17)18/h4-6H,3H2,1-2H3,(H,19,20,21). The summed E-state index contributed by atoms with van der Waals surface area (Å²) in [5.74, 6) is -6.68. The molecule has 0 aliphatic heterocycles. The number of nitrogens with one attached hydrogen (secondary N) is 1. The maximum atomic E-state index is 13.4. The lowest BCUT2D eigenvalue weighted by molar-refractivity contribution is -0.292. The van der Waals surface area contributed by atoms with Crippen LogP contribution in [0, 0.1) is 6.92 Å². The molecule has 1 aromatic heterocycles. The van der Waals surface area contributed by atoms with E-state index in [1.807, 2.05) is 0 Å². The zero-order valence-corrected chi connectivity index (χ0v) is 11.2. The Balaban J connectivity index is 2.74. The average molecular weight is 305 g/mol. The van der Waals surface area contributed by atoms with Gasteiger partial charge in [-0.15, -0.1) is 0 Å². The van der Waals surface area contributed by atoms with Gasteiger partial charge in [0.25, 0.3) is 0 Å². The predicted molar refractivity (Wildman–Crippen MR) is 68.4 cm³/mol. The van der Waals surface area contributed by atoms with Gasteiger partial charge in [0, 0.05) is 11.9 Å². The topological polar surface area (TPSA) is 37.8 Å². The molecule has 114 valence electrons. The molecule has 2 aromatic rings. The van der Waals surface area contributed by atoms with Crippen molar-refractivity contribution in [2.24, 2.45) is 0 Å². The minimum atomic E-state index is -5.74. The number of halogens is 5. The monoisotopic (exact) mass is 305 g/mol. The minimum Gasteiger partial charge on any atom is -0.370 e. The van der Waals surface area contributed by atoms with Crippen molar-refractivity contribution in [1.29, 1.82) is 0 Å². The van der Waals surface area contributed by atoms with Gasteiger partial charge >= 0.3 is 12.1 Å². The number of anilines is 1. The number of nitrogens with zero attached hydrogens (tertiary/aromatic N) is 2. The van der Waals surface area contributed by atoms with Gasteiger partial charge in [0.15, 0.2) is 0 Å². The Kier molecular flexibility index (Phi) is 3.73. The van der Waals surface area contributed by atoms with Crippen molar-refractivity contribution in [1.82, 2.24) is 9.97 Å². The molecule has 1 N–H and O–H groups in total. The van der Waals surface area contributed by atoms with Crippen LogP contribution in [0.3, 0.4) is 0 Å². The summed E-state index contributed by atoms with van der Waals surface area (Å²) < 4.78 is 64.3. The molecule has 0 saturated heterocycles. The second-order valence-electron chi connectivity index (χ2n) is 4.47. The molecule has 0 bridgehead atoms. The fourth-order valence-corrected chi connectivity index (χ4v) is 1.92. The second kappa shape index (κ2) is 5.09. The van der Waals surface area contributed by atoms with Gasteiger partial charge in [-0.1, -0.05) is 12.1 Å². The second-order valence-corrected chi connectivity index (χ2v) is 4.47. The molecule has 8 heteroatoms. The highest BCUT2D eigenvalue weighted by Gasteiger charge is 2.61. The third-order valence-corrected chi connectivity index (χ3v) is 2.91. The highest BCUT2D eigenvalue weighted by molar-refractivity contribution is 5.92. The molecule has 21 heavy (non-hydrogen) atoms. The van der Waals surface area contributed by atoms with Gasteiger partial charge in [0.05, 0.1) is 5.52 Å². The summed E-state index contributed by atoms with van der Waals surface area (Å²) in [6.07, 6.45) is -5.74. The third kappa shape index (κ3) is 2.62. The summed E-state index contributed by atoms with van der Waals surface area (Å²) in [5, 5.41) is 3.14. The molecule has 2 rings (SSSR count). The molecule has 0 atom stereocenters. The molecule has 0 aliphatic rings. The van der Waals surface area contributed by atoms with Crippen molar-refractivity contribution in [3.05, 3.63) is 29.6 Å². The van der Waals surface area contributed by atoms with Crippen LogP contribution in [0.5, 0.6) is 0 Å². The first-order valence-electron chi connectivity index (χ1n) is 6.14. The molecule has 0 spiro atoms. The van der Waals surface area contributed by atoms with E-state index in [1.165, 1.54) is 12.1 Å². The first-order valence-corrected chi connectivity index (χ1v) is 6.14. The fraction of sp³-hybridized carbons (Fsp3) is 0.385. The number of aromatic nitrogens is 2. The molecular weight excluding hydrogens is 293 g/mol. The van der Waals surface area contributed by atoms with Crippen molar-refractivity contribution in [2.45, 2.75) is 25.9 Å². The molecule has 3 nitrogen and oxygen atoms in total. The largest absolute Gasteiger partial charge is 0.461 e. The van der Waals surface area contributed by atoms with Gasteiger partial charge in [-0.2, -0.15) is 22.0 Å². The van der Waals surface area contributed by atoms with E-state index in [4.69, 9.17) is 0 Å². The average Bonchev–Trinajstić information content (AvgIpc) is 2.37. The molecule has 0 fully saturated rings. The van der Waals surface area contributed by atoms with Crippen LogP contribution in [0.15, 0.2) is 18.2 Å². The number of hydrogen-bond donors (Lipinski definition) is 1. The maximum Gasteiger partial charge on any atom is 0.461 e. The Bertz CT molecular complexity index is 667. The minimum absolute atomic E-state index is 0.0282. The van der Waals surface area contributed by atoms with Crippen LogP contribution >= 0.6 is 0 Å². The van der Waals surface area contributed by atoms with E-state index >= 15 is 0 Å². The van der Waals surface area contributed by atoms with E-state index < -0.39 is 17.9 Å². The summed E-state index contributed by atoms with van der Waals surface area (Å²) in [6, 6.07) is 4.62. The SMILES string of the molecule is CCNc1nc(C(F)(F)C(F)(F)F)nc2cccc(C)c12. The van der Waals surface area contributed by atoms with Crippen molar-refractivity contribution >= 4 is 16.7 Å². The Morgan fingerprint density at radius 2 is 1.76 bits per heavy atom. The normalized spacial score (nSPS) is 12.7. The van der Waals surface area contributed by atoms with E-state index in [9.17, 15) is 22.0 Å². The summed E-state index contributed by atoms with van der Waals surface area (Å²) in [7, 11) is 0. The van der Waals surface area contributed by atoms with Crippen LogP contribution in [0.4, 0.5) is 27.8 Å². The highest BCUT2D eigenvalue weighted by Crippen LogP contribution is 2.43. The number of fused-ring (bicyclic) bond motifs is 1. The van der Waals surface area contributed by atoms with E-state index in [-0.39, 0.29) is 11.3 Å². The molecule has 1 heterocycles. The Morgan fingerprint density at radius 3 is 2.33 bits per heavy atom. The Labute approximate surface area is 117 Å². The first-order chi connectivity index (χ1) is 9.68. The lowest BCUT2D eigenvalue weighted by Gasteiger charge is -2.20. The molecule has 0 saturated carbocycles. The maximum absolute atomic E-state index is 13.4. The summed E-state index contributed by atoms with van der Waals surface area (Å²) in [6.45, 7) is 3.72. The summed E-state index contributed by atoms with van der Waals surface area (Å²) >= 11 is 0. The quantitative estimate of drug-likeness (QED) is 0.870. The first kappa shape index (κ1) is 15.4. The molecule has 0 aliphatic carbocycles. The summed E-state index contributed by atoms with van der Waals surface area (Å²) in [4.78, 5) is 6.79. The van der Waals surface area contributed by atoms with E-state index in [1.54, 1.807) is 19.9 Å². The number of alkyl halides is 5. The van der Waals surface area contributed by atoms with Crippen LogP contribution < -0.4 is 5.32 Å². The number of rotatable bonds is 3. The zero-order chi connectivity index (χ0) is 15.8. The Hall–Kier alpha value is -1.99. The van der Waals surface area contributed by atoms with Gasteiger partial charge in [-0.3, -0.25) is 0 Å². The number of aryl methyl sites for hydroxylation is 1. The molecule has 1 aromatic carbocycles. The number of hydrogen-bond acceptors (Lipinski definition) is 3. The zero-order valence-electron chi connectivity index (χ0n) is 11.2. The lowest BCUT2D eigenvalue weighted by atomic mass is 10.1. The van der Waals surface area contributed by atoms with Crippen LogP contribution in [0.2, 0.25) is 0 Å². The van der Waals surface area contributed by atoms with E-state index in [0.29, 0.717) is 17.5 Å². The molecular formula is C13H12F5N3. The van der Waals surface area contributed by atoms with Crippen LogP contribution in [-0.2, 0) is 5.92 Å².